The Kier molecular flexibility index (Phi) is 10.8. The third-order valence-electron chi connectivity index (χ3n) is 9.89. The highest BCUT2D eigenvalue weighted by Gasteiger charge is 2.55. The van der Waals surface area contributed by atoms with E-state index in [9.17, 15) is 4.79 Å². The molecular formula is C31H60N2O5Si3. The maximum Gasteiger partial charge on any atom is 0.271 e. The molecule has 0 N–H and O–H groups in total. The van der Waals surface area contributed by atoms with Crippen LogP contribution >= 0.6 is 0 Å². The van der Waals surface area contributed by atoms with Crippen LogP contribution in [0.3, 0.4) is 0 Å². The van der Waals surface area contributed by atoms with Gasteiger partial charge in [0.1, 0.15) is 30.1 Å². The van der Waals surface area contributed by atoms with Crippen LogP contribution in [0, 0.1) is 0 Å². The minimum atomic E-state index is -2.26. The number of carbonyl (C=O) groups is 1. The van der Waals surface area contributed by atoms with Crippen LogP contribution in [0.4, 0.5) is 0 Å². The minimum Gasteiger partial charge on any atom is -0.414 e. The van der Waals surface area contributed by atoms with Crippen molar-refractivity contribution >= 4 is 30.9 Å². The lowest BCUT2D eigenvalue weighted by Crippen LogP contribution is -2.54. The Morgan fingerprint density at radius 2 is 1.27 bits per heavy atom. The molecule has 2 heterocycles. The standard InChI is InChI=1S/C31H60N2O5Si3/c1-29(2,3)39(12,13)35-21-24-26(37-40(14,15)30(4,5)6)27(38-41(16,17)31(7,8)9)25(36-24)22-19-18-20-23(32-22)28(34)33(10)11/h18-20,24-27H,21H2,1-17H3/t24-,25+,26-,27+/m1/s1. The van der Waals surface area contributed by atoms with E-state index in [1.165, 1.54) is 0 Å². The van der Waals surface area contributed by atoms with E-state index in [0.717, 1.165) is 0 Å². The molecule has 1 fully saturated rings. The van der Waals surface area contributed by atoms with Crippen LogP contribution in [0.2, 0.25) is 54.4 Å². The summed E-state index contributed by atoms with van der Waals surface area (Å²) in [7, 11) is -3.07. The summed E-state index contributed by atoms with van der Waals surface area (Å²) in [5, 5.41) is 0.0684. The summed E-state index contributed by atoms with van der Waals surface area (Å²) in [5.41, 5.74) is 1.09. The average Bonchev–Trinajstić information content (AvgIpc) is 3.10. The van der Waals surface area contributed by atoms with Crippen LogP contribution in [0.5, 0.6) is 0 Å². The second-order valence-electron chi connectivity index (χ2n) is 16.5. The minimum absolute atomic E-state index is 0.00768. The van der Waals surface area contributed by atoms with Gasteiger partial charge in [0.15, 0.2) is 25.0 Å². The Morgan fingerprint density at radius 1 is 0.805 bits per heavy atom. The van der Waals surface area contributed by atoms with Crippen molar-refractivity contribution in [2.24, 2.45) is 0 Å². The quantitative estimate of drug-likeness (QED) is 0.259. The molecule has 10 heteroatoms. The van der Waals surface area contributed by atoms with Gasteiger partial charge in [-0.3, -0.25) is 4.79 Å². The van der Waals surface area contributed by atoms with E-state index in [1.54, 1.807) is 25.1 Å². The zero-order valence-electron chi connectivity index (χ0n) is 29.2. The first-order chi connectivity index (χ1) is 18.2. The molecule has 1 aromatic rings. The molecule has 41 heavy (non-hydrogen) atoms. The van der Waals surface area contributed by atoms with E-state index in [-0.39, 0.29) is 39.3 Å². The van der Waals surface area contributed by atoms with Gasteiger partial charge in [-0.05, 0) is 66.5 Å². The number of hydrogen-bond donors (Lipinski definition) is 0. The molecule has 1 amide bonds. The van der Waals surface area contributed by atoms with E-state index in [2.05, 4.69) is 102 Å². The normalized spacial score (nSPS) is 23.1. The first kappa shape index (κ1) is 36.3. The van der Waals surface area contributed by atoms with Crippen molar-refractivity contribution in [3.63, 3.8) is 0 Å². The first-order valence-electron chi connectivity index (χ1n) is 15.1. The SMILES string of the molecule is CN(C)C(=O)c1cccc([C@@H]2O[C@H](CO[Si](C)(C)C(C)(C)C)[C@@H](O[Si](C)(C)C(C)(C)C)[C@H]2O[Si](C)(C)C(C)(C)C)n1. The van der Waals surface area contributed by atoms with E-state index in [1.807, 2.05) is 12.1 Å². The van der Waals surface area contributed by atoms with Gasteiger partial charge in [-0.15, -0.1) is 0 Å². The Morgan fingerprint density at radius 3 is 1.71 bits per heavy atom. The van der Waals surface area contributed by atoms with Gasteiger partial charge in [0.25, 0.3) is 5.91 Å². The third-order valence-corrected chi connectivity index (χ3v) is 23.3. The number of ether oxygens (including phenoxy) is 1. The van der Waals surface area contributed by atoms with Crippen LogP contribution in [0.25, 0.3) is 0 Å². The fourth-order valence-corrected chi connectivity index (χ4v) is 7.50. The lowest BCUT2D eigenvalue weighted by atomic mass is 10.1. The average molecular weight is 625 g/mol. The van der Waals surface area contributed by atoms with Gasteiger partial charge in [0.2, 0.25) is 0 Å². The fraction of sp³-hybridized carbons (Fsp3) is 0.806. The molecule has 1 aliphatic rings. The Labute approximate surface area is 254 Å². The summed E-state index contributed by atoms with van der Waals surface area (Å²) in [5.74, 6) is -0.140. The number of pyridine rings is 1. The lowest BCUT2D eigenvalue weighted by molar-refractivity contribution is -0.0186. The molecule has 0 aliphatic carbocycles. The van der Waals surface area contributed by atoms with Crippen molar-refractivity contribution < 1.29 is 22.8 Å². The lowest BCUT2D eigenvalue weighted by Gasteiger charge is -2.44. The van der Waals surface area contributed by atoms with Gasteiger partial charge in [0, 0.05) is 14.1 Å². The Bertz CT molecular complexity index is 1060. The maximum atomic E-state index is 12.9. The molecule has 0 spiro atoms. The van der Waals surface area contributed by atoms with Gasteiger partial charge < -0.3 is 22.9 Å². The highest BCUT2D eigenvalue weighted by Crippen LogP contribution is 2.47. The Hall–Kier alpha value is -0.889. The van der Waals surface area contributed by atoms with Crippen LogP contribution in [0.1, 0.15) is 84.6 Å². The van der Waals surface area contributed by atoms with Crippen molar-refractivity contribution in [1.29, 1.82) is 0 Å². The molecule has 1 saturated heterocycles. The van der Waals surface area contributed by atoms with Crippen molar-refractivity contribution in [1.82, 2.24) is 9.88 Å². The second kappa shape index (κ2) is 12.2. The molecule has 0 radical (unpaired) electrons. The molecular weight excluding hydrogens is 565 g/mol. The van der Waals surface area contributed by atoms with Gasteiger partial charge in [-0.25, -0.2) is 4.98 Å². The molecule has 4 atom stereocenters. The zero-order valence-corrected chi connectivity index (χ0v) is 32.2. The second-order valence-corrected chi connectivity index (χ2v) is 30.8. The van der Waals surface area contributed by atoms with Crippen molar-refractivity contribution in [3.8, 4) is 0 Å². The molecule has 236 valence electrons. The smallest absolute Gasteiger partial charge is 0.271 e. The number of rotatable bonds is 9. The van der Waals surface area contributed by atoms with Crippen LogP contribution in [-0.4, -0.2) is 79.8 Å². The topological polar surface area (TPSA) is 70.1 Å². The van der Waals surface area contributed by atoms with Crippen LogP contribution < -0.4 is 0 Å². The van der Waals surface area contributed by atoms with Gasteiger partial charge >= 0.3 is 0 Å². The van der Waals surface area contributed by atoms with Crippen molar-refractivity contribution in [2.45, 2.75) is 141 Å². The molecule has 7 nitrogen and oxygen atoms in total. The van der Waals surface area contributed by atoms with E-state index in [0.29, 0.717) is 18.0 Å². The summed E-state index contributed by atoms with van der Waals surface area (Å²) < 4.78 is 28.1. The number of hydrogen-bond acceptors (Lipinski definition) is 6. The van der Waals surface area contributed by atoms with Gasteiger partial charge in [-0.1, -0.05) is 68.4 Å². The van der Waals surface area contributed by atoms with E-state index >= 15 is 0 Å². The highest BCUT2D eigenvalue weighted by molar-refractivity contribution is 6.75. The van der Waals surface area contributed by atoms with Crippen LogP contribution in [0.15, 0.2) is 18.2 Å². The third kappa shape index (κ3) is 8.39. The number of carbonyl (C=O) groups excluding carboxylic acids is 1. The Balaban J connectivity index is 2.68. The summed E-state index contributed by atoms with van der Waals surface area (Å²) in [6.45, 7) is 34.4. The van der Waals surface area contributed by atoms with Crippen molar-refractivity contribution in [2.75, 3.05) is 20.7 Å². The predicted octanol–water partition coefficient (Wildman–Crippen LogP) is 8.03. The zero-order chi connectivity index (χ0) is 32.0. The summed E-state index contributed by atoms with van der Waals surface area (Å²) in [6.07, 6.45) is -1.51. The largest absolute Gasteiger partial charge is 0.414 e. The molecule has 0 unspecified atom stereocenters. The number of aromatic nitrogens is 1. The highest BCUT2D eigenvalue weighted by atomic mass is 28.4. The molecule has 1 aromatic heterocycles. The summed E-state index contributed by atoms with van der Waals surface area (Å²) in [6, 6.07) is 5.58. The molecule has 1 aliphatic heterocycles. The summed E-state index contributed by atoms with van der Waals surface area (Å²) in [4.78, 5) is 19.2. The summed E-state index contributed by atoms with van der Waals surface area (Å²) >= 11 is 0. The molecule has 0 bridgehead atoms. The van der Waals surface area contributed by atoms with Gasteiger partial charge in [-0.2, -0.15) is 0 Å². The predicted molar refractivity (Wildman–Crippen MR) is 177 cm³/mol. The fourth-order valence-electron chi connectivity index (χ4n) is 3.87. The van der Waals surface area contributed by atoms with Crippen molar-refractivity contribution in [3.05, 3.63) is 29.6 Å². The number of nitrogens with zero attached hydrogens (tertiary/aromatic N) is 2. The molecule has 0 saturated carbocycles. The van der Waals surface area contributed by atoms with E-state index < -0.39 is 31.1 Å². The van der Waals surface area contributed by atoms with E-state index in [4.69, 9.17) is 23.0 Å². The first-order valence-corrected chi connectivity index (χ1v) is 23.8. The molecule has 2 rings (SSSR count). The maximum absolute atomic E-state index is 12.9. The number of amides is 1. The molecule has 0 aromatic carbocycles. The van der Waals surface area contributed by atoms with Gasteiger partial charge in [0.05, 0.1) is 12.3 Å². The van der Waals surface area contributed by atoms with Crippen LogP contribution in [-0.2, 0) is 18.0 Å². The monoisotopic (exact) mass is 624 g/mol.